The van der Waals surface area contributed by atoms with Crippen molar-refractivity contribution >= 4 is 0 Å². The zero-order chi connectivity index (χ0) is 10.5. The molecule has 15 heavy (non-hydrogen) atoms. The molecule has 3 nitrogen and oxygen atoms in total. The predicted octanol–water partition coefficient (Wildman–Crippen LogP) is 1.85. The average Bonchev–Trinajstić information content (AvgIpc) is 2.64. The third-order valence-electron chi connectivity index (χ3n) is 3.02. The Hall–Kier alpha value is -0.800. The molecule has 0 aromatic carbocycles. The van der Waals surface area contributed by atoms with Gasteiger partial charge in [0.05, 0.1) is 12.8 Å². The first kappa shape index (κ1) is 10.7. The molecule has 1 fully saturated rings. The van der Waals surface area contributed by atoms with Gasteiger partial charge in [-0.3, -0.25) is 4.90 Å². The number of hydrogen-bond acceptors (Lipinski definition) is 3. The molecular weight excluding hydrogens is 188 g/mol. The molecular formula is C12H20N2O. The van der Waals surface area contributed by atoms with Gasteiger partial charge in [0.15, 0.2) is 0 Å². The summed E-state index contributed by atoms with van der Waals surface area (Å²) in [5.41, 5.74) is 0. The van der Waals surface area contributed by atoms with Crippen molar-refractivity contribution in [1.29, 1.82) is 0 Å². The van der Waals surface area contributed by atoms with Crippen molar-refractivity contribution in [2.75, 3.05) is 19.6 Å². The largest absolute Gasteiger partial charge is 0.468 e. The lowest BCUT2D eigenvalue weighted by molar-refractivity contribution is 0.237. The minimum absolute atomic E-state index is 0.641. The van der Waals surface area contributed by atoms with E-state index in [0.717, 1.165) is 25.4 Å². The number of furan rings is 1. The summed E-state index contributed by atoms with van der Waals surface area (Å²) < 4.78 is 5.38. The molecule has 1 N–H and O–H groups in total. The van der Waals surface area contributed by atoms with Gasteiger partial charge in [-0.2, -0.15) is 0 Å². The van der Waals surface area contributed by atoms with Crippen LogP contribution in [-0.4, -0.2) is 30.6 Å². The van der Waals surface area contributed by atoms with Gasteiger partial charge in [-0.15, -0.1) is 0 Å². The normalized spacial score (nSPS) is 23.9. The van der Waals surface area contributed by atoms with E-state index in [1.54, 1.807) is 6.26 Å². The first-order valence-electron chi connectivity index (χ1n) is 5.86. The lowest BCUT2D eigenvalue weighted by Gasteiger charge is -2.22. The van der Waals surface area contributed by atoms with E-state index in [9.17, 15) is 0 Å². The van der Waals surface area contributed by atoms with E-state index in [2.05, 4.69) is 23.2 Å². The van der Waals surface area contributed by atoms with Gasteiger partial charge in [-0.05, 0) is 38.1 Å². The maximum atomic E-state index is 5.38. The summed E-state index contributed by atoms with van der Waals surface area (Å²) >= 11 is 0. The van der Waals surface area contributed by atoms with E-state index >= 15 is 0 Å². The van der Waals surface area contributed by atoms with Crippen molar-refractivity contribution in [2.45, 2.75) is 32.4 Å². The van der Waals surface area contributed by atoms with Gasteiger partial charge in [-0.1, -0.05) is 6.92 Å². The molecule has 1 aliphatic heterocycles. The van der Waals surface area contributed by atoms with E-state index < -0.39 is 0 Å². The van der Waals surface area contributed by atoms with Gasteiger partial charge < -0.3 is 9.73 Å². The summed E-state index contributed by atoms with van der Waals surface area (Å²) in [5.74, 6) is 1.08. The molecule has 0 amide bonds. The molecule has 0 bridgehead atoms. The number of nitrogens with zero attached hydrogens (tertiary/aromatic N) is 1. The van der Waals surface area contributed by atoms with Crippen LogP contribution in [0, 0.1) is 0 Å². The molecule has 1 aromatic heterocycles. The van der Waals surface area contributed by atoms with E-state index in [1.807, 2.05) is 6.07 Å². The van der Waals surface area contributed by atoms with E-state index in [0.29, 0.717) is 6.04 Å². The first-order valence-corrected chi connectivity index (χ1v) is 5.86. The molecule has 2 heterocycles. The molecule has 1 aromatic rings. The fraction of sp³-hybridized carbons (Fsp3) is 0.667. The summed E-state index contributed by atoms with van der Waals surface area (Å²) in [4.78, 5) is 2.48. The second kappa shape index (κ2) is 5.33. The highest BCUT2D eigenvalue weighted by Crippen LogP contribution is 2.09. The van der Waals surface area contributed by atoms with Crippen LogP contribution in [-0.2, 0) is 6.54 Å². The van der Waals surface area contributed by atoms with Crippen molar-refractivity contribution in [1.82, 2.24) is 10.2 Å². The Morgan fingerprint density at radius 2 is 2.53 bits per heavy atom. The summed E-state index contributed by atoms with van der Waals surface area (Å²) in [5, 5.41) is 3.57. The monoisotopic (exact) mass is 208 g/mol. The Morgan fingerprint density at radius 1 is 1.60 bits per heavy atom. The van der Waals surface area contributed by atoms with Gasteiger partial charge in [0.2, 0.25) is 0 Å². The SMILES string of the molecule is CCC1CN(Cc2ccco2)CCCN1. The van der Waals surface area contributed by atoms with Gasteiger partial charge in [-0.25, -0.2) is 0 Å². The first-order chi connectivity index (χ1) is 7.38. The lowest BCUT2D eigenvalue weighted by Crippen LogP contribution is -2.36. The minimum Gasteiger partial charge on any atom is -0.468 e. The van der Waals surface area contributed by atoms with Crippen LogP contribution in [0.4, 0.5) is 0 Å². The predicted molar refractivity (Wildman–Crippen MR) is 60.7 cm³/mol. The second-order valence-corrected chi connectivity index (χ2v) is 4.23. The van der Waals surface area contributed by atoms with E-state index in [4.69, 9.17) is 4.42 Å². The van der Waals surface area contributed by atoms with Crippen molar-refractivity contribution in [3.8, 4) is 0 Å². The number of hydrogen-bond donors (Lipinski definition) is 1. The van der Waals surface area contributed by atoms with Crippen LogP contribution >= 0.6 is 0 Å². The lowest BCUT2D eigenvalue weighted by atomic mass is 10.2. The molecule has 1 atom stereocenters. The van der Waals surface area contributed by atoms with Gasteiger partial charge >= 0.3 is 0 Å². The fourth-order valence-corrected chi connectivity index (χ4v) is 2.12. The fourth-order valence-electron chi connectivity index (χ4n) is 2.12. The smallest absolute Gasteiger partial charge is 0.117 e. The molecule has 0 radical (unpaired) electrons. The van der Waals surface area contributed by atoms with Gasteiger partial charge in [0, 0.05) is 12.6 Å². The van der Waals surface area contributed by atoms with Crippen LogP contribution in [0.5, 0.6) is 0 Å². The van der Waals surface area contributed by atoms with Crippen LogP contribution < -0.4 is 5.32 Å². The zero-order valence-corrected chi connectivity index (χ0v) is 9.41. The minimum atomic E-state index is 0.641. The maximum absolute atomic E-state index is 5.38. The average molecular weight is 208 g/mol. The summed E-state index contributed by atoms with van der Waals surface area (Å²) in [6.45, 7) is 6.65. The molecule has 0 saturated carbocycles. The Bertz CT molecular complexity index is 271. The molecule has 0 aliphatic carbocycles. The maximum Gasteiger partial charge on any atom is 0.117 e. The molecule has 3 heteroatoms. The van der Waals surface area contributed by atoms with Crippen molar-refractivity contribution in [3.63, 3.8) is 0 Å². The zero-order valence-electron chi connectivity index (χ0n) is 9.41. The number of nitrogens with one attached hydrogen (secondary N) is 1. The van der Waals surface area contributed by atoms with Crippen LogP contribution in [0.15, 0.2) is 22.8 Å². The molecule has 0 spiro atoms. The molecule has 1 aliphatic rings. The Kier molecular flexibility index (Phi) is 3.80. The highest BCUT2D eigenvalue weighted by atomic mass is 16.3. The van der Waals surface area contributed by atoms with Gasteiger partial charge in [0.25, 0.3) is 0 Å². The van der Waals surface area contributed by atoms with E-state index in [1.165, 1.54) is 19.4 Å². The molecule has 84 valence electrons. The second-order valence-electron chi connectivity index (χ2n) is 4.23. The van der Waals surface area contributed by atoms with Crippen LogP contribution in [0.2, 0.25) is 0 Å². The highest BCUT2D eigenvalue weighted by molar-refractivity contribution is 4.98. The topological polar surface area (TPSA) is 28.4 Å². The Balaban J connectivity index is 1.90. The molecule has 1 unspecified atom stereocenters. The van der Waals surface area contributed by atoms with Crippen LogP contribution in [0.3, 0.4) is 0 Å². The van der Waals surface area contributed by atoms with Crippen molar-refractivity contribution in [3.05, 3.63) is 24.2 Å². The van der Waals surface area contributed by atoms with Crippen molar-refractivity contribution in [2.24, 2.45) is 0 Å². The van der Waals surface area contributed by atoms with E-state index in [-0.39, 0.29) is 0 Å². The summed E-state index contributed by atoms with van der Waals surface area (Å²) in [6.07, 6.45) is 4.19. The highest BCUT2D eigenvalue weighted by Gasteiger charge is 2.16. The third kappa shape index (κ3) is 3.08. The van der Waals surface area contributed by atoms with Gasteiger partial charge in [0.1, 0.15) is 5.76 Å². The third-order valence-corrected chi connectivity index (χ3v) is 3.02. The quantitative estimate of drug-likeness (QED) is 0.821. The standard InChI is InChI=1S/C12H20N2O/c1-2-11-9-14(7-4-6-13-11)10-12-5-3-8-15-12/h3,5,8,11,13H,2,4,6-7,9-10H2,1H3. The Labute approximate surface area is 91.4 Å². The molecule has 2 rings (SSSR count). The van der Waals surface area contributed by atoms with Crippen molar-refractivity contribution < 1.29 is 4.42 Å². The summed E-state index contributed by atoms with van der Waals surface area (Å²) in [6, 6.07) is 4.66. The van der Waals surface area contributed by atoms with Crippen LogP contribution in [0.1, 0.15) is 25.5 Å². The molecule has 1 saturated heterocycles. The number of rotatable bonds is 3. The Morgan fingerprint density at radius 3 is 3.27 bits per heavy atom. The summed E-state index contributed by atoms with van der Waals surface area (Å²) in [7, 11) is 0. The van der Waals surface area contributed by atoms with Crippen LogP contribution in [0.25, 0.3) is 0 Å².